The summed E-state index contributed by atoms with van der Waals surface area (Å²) in [6.07, 6.45) is 5.01. The van der Waals surface area contributed by atoms with Crippen LogP contribution in [-0.4, -0.2) is 38.4 Å². The fourth-order valence-electron chi connectivity index (χ4n) is 2.86. The van der Waals surface area contributed by atoms with Crippen molar-refractivity contribution in [2.45, 2.75) is 19.4 Å². The summed E-state index contributed by atoms with van der Waals surface area (Å²) in [6.45, 7) is 1.58. The van der Waals surface area contributed by atoms with Crippen molar-refractivity contribution in [1.82, 2.24) is 19.4 Å². The standard InChI is InChI=1S/C17H16N4O2S2/c22-15(20-5-1-2-6-20)9-21-11-18-8-12(17(21)23)16-19-13(10-25-16)14-4-3-7-24-14/h3-4,7-8,10-11H,1-2,5-6,9H2. The summed E-state index contributed by atoms with van der Waals surface area (Å²) < 4.78 is 1.38. The van der Waals surface area contributed by atoms with Gasteiger partial charge in [0.2, 0.25) is 5.91 Å². The first-order chi connectivity index (χ1) is 12.2. The van der Waals surface area contributed by atoms with E-state index in [0.29, 0.717) is 10.6 Å². The first kappa shape index (κ1) is 16.2. The number of likely N-dealkylation sites (tertiary alicyclic amines) is 1. The van der Waals surface area contributed by atoms with Crippen molar-refractivity contribution in [3.63, 3.8) is 0 Å². The van der Waals surface area contributed by atoms with Gasteiger partial charge in [-0.15, -0.1) is 22.7 Å². The summed E-state index contributed by atoms with van der Waals surface area (Å²) in [6, 6.07) is 3.97. The minimum Gasteiger partial charge on any atom is -0.341 e. The molecule has 0 saturated carbocycles. The second-order valence-corrected chi connectivity index (χ2v) is 7.65. The van der Waals surface area contributed by atoms with Crippen LogP contribution in [0, 0.1) is 0 Å². The average molecular weight is 372 g/mol. The number of carbonyl (C=O) groups excluding carboxylic acids is 1. The highest BCUT2D eigenvalue weighted by atomic mass is 32.1. The van der Waals surface area contributed by atoms with Gasteiger partial charge in [0, 0.05) is 24.7 Å². The number of thiazole rings is 1. The van der Waals surface area contributed by atoms with Gasteiger partial charge in [-0.2, -0.15) is 0 Å². The van der Waals surface area contributed by atoms with Crippen LogP contribution >= 0.6 is 22.7 Å². The Morgan fingerprint density at radius 3 is 2.84 bits per heavy atom. The third kappa shape index (κ3) is 3.27. The largest absolute Gasteiger partial charge is 0.341 e. The first-order valence-corrected chi connectivity index (χ1v) is 9.80. The molecule has 25 heavy (non-hydrogen) atoms. The summed E-state index contributed by atoms with van der Waals surface area (Å²) in [5.74, 6) is -0.0306. The molecule has 0 N–H and O–H groups in total. The van der Waals surface area contributed by atoms with Crippen molar-refractivity contribution >= 4 is 28.6 Å². The topological polar surface area (TPSA) is 68.1 Å². The highest BCUT2D eigenvalue weighted by Gasteiger charge is 2.19. The van der Waals surface area contributed by atoms with E-state index in [1.807, 2.05) is 22.9 Å². The summed E-state index contributed by atoms with van der Waals surface area (Å²) in [4.78, 5) is 36.6. The van der Waals surface area contributed by atoms with Crippen LogP contribution in [0.25, 0.3) is 21.1 Å². The normalized spacial score (nSPS) is 14.2. The lowest BCUT2D eigenvalue weighted by molar-refractivity contribution is -0.130. The summed E-state index contributed by atoms with van der Waals surface area (Å²) in [5, 5.41) is 4.56. The third-order valence-corrected chi connectivity index (χ3v) is 5.94. The van der Waals surface area contributed by atoms with Crippen LogP contribution in [0.1, 0.15) is 12.8 Å². The maximum absolute atomic E-state index is 12.7. The predicted molar refractivity (Wildman–Crippen MR) is 98.7 cm³/mol. The molecule has 0 aromatic carbocycles. The Bertz CT molecular complexity index is 940. The van der Waals surface area contributed by atoms with E-state index >= 15 is 0 Å². The first-order valence-electron chi connectivity index (χ1n) is 8.04. The molecular weight excluding hydrogens is 356 g/mol. The molecule has 6 nitrogen and oxygen atoms in total. The molecule has 0 atom stereocenters. The van der Waals surface area contributed by atoms with Gasteiger partial charge in [0.15, 0.2) is 0 Å². The molecule has 4 rings (SSSR count). The minimum absolute atomic E-state index is 0.0306. The van der Waals surface area contributed by atoms with E-state index in [-0.39, 0.29) is 18.0 Å². The molecule has 0 unspecified atom stereocenters. The molecule has 128 valence electrons. The molecule has 3 aromatic heterocycles. The van der Waals surface area contributed by atoms with E-state index in [4.69, 9.17) is 0 Å². The highest BCUT2D eigenvalue weighted by molar-refractivity contribution is 7.15. The maximum Gasteiger partial charge on any atom is 0.264 e. The zero-order valence-corrected chi connectivity index (χ0v) is 15.1. The zero-order valence-electron chi connectivity index (χ0n) is 13.4. The van der Waals surface area contributed by atoms with Gasteiger partial charge >= 0.3 is 0 Å². The fourth-order valence-corrected chi connectivity index (χ4v) is 4.44. The molecule has 1 fully saturated rings. The number of amides is 1. The second-order valence-electron chi connectivity index (χ2n) is 5.84. The average Bonchev–Trinajstić information content (AvgIpc) is 3.37. The van der Waals surface area contributed by atoms with Crippen molar-refractivity contribution < 1.29 is 4.79 Å². The molecular formula is C17H16N4O2S2. The van der Waals surface area contributed by atoms with Crippen LogP contribution in [-0.2, 0) is 11.3 Å². The molecule has 1 aliphatic rings. The van der Waals surface area contributed by atoms with Crippen molar-refractivity contribution in [3.8, 4) is 21.1 Å². The monoisotopic (exact) mass is 372 g/mol. The van der Waals surface area contributed by atoms with Gasteiger partial charge in [-0.25, -0.2) is 9.97 Å². The number of aromatic nitrogens is 3. The van der Waals surface area contributed by atoms with Gasteiger partial charge < -0.3 is 4.90 Å². The lowest BCUT2D eigenvalue weighted by atomic mass is 10.3. The van der Waals surface area contributed by atoms with Gasteiger partial charge in [0.05, 0.1) is 22.5 Å². The minimum atomic E-state index is -0.227. The number of nitrogens with zero attached hydrogens (tertiary/aromatic N) is 4. The lowest BCUT2D eigenvalue weighted by Gasteiger charge is -2.15. The van der Waals surface area contributed by atoms with Gasteiger partial charge in [0.25, 0.3) is 5.56 Å². The summed E-state index contributed by atoms with van der Waals surface area (Å²) in [5.41, 5.74) is 1.07. The highest BCUT2D eigenvalue weighted by Crippen LogP contribution is 2.29. The molecule has 0 spiro atoms. The van der Waals surface area contributed by atoms with Gasteiger partial charge in [0.1, 0.15) is 11.6 Å². The molecule has 1 aliphatic heterocycles. The van der Waals surface area contributed by atoms with Crippen molar-refractivity contribution in [3.05, 3.63) is 45.8 Å². The predicted octanol–water partition coefficient (Wildman–Crippen LogP) is 2.72. The molecule has 3 aromatic rings. The Morgan fingerprint density at radius 1 is 1.24 bits per heavy atom. The van der Waals surface area contributed by atoms with Crippen LogP contribution in [0.2, 0.25) is 0 Å². The van der Waals surface area contributed by atoms with Crippen LogP contribution in [0.5, 0.6) is 0 Å². The molecule has 4 heterocycles. The number of rotatable bonds is 4. The van der Waals surface area contributed by atoms with Crippen LogP contribution < -0.4 is 5.56 Å². The quantitative estimate of drug-likeness (QED) is 0.706. The number of carbonyl (C=O) groups is 1. The smallest absolute Gasteiger partial charge is 0.264 e. The van der Waals surface area contributed by atoms with Gasteiger partial charge in [-0.05, 0) is 24.3 Å². The lowest BCUT2D eigenvalue weighted by Crippen LogP contribution is -2.35. The van der Waals surface area contributed by atoms with Crippen molar-refractivity contribution in [2.75, 3.05) is 13.1 Å². The summed E-state index contributed by atoms with van der Waals surface area (Å²) in [7, 11) is 0. The molecule has 1 saturated heterocycles. The fraction of sp³-hybridized carbons (Fsp3) is 0.294. The van der Waals surface area contributed by atoms with Crippen molar-refractivity contribution in [1.29, 1.82) is 0 Å². The molecule has 8 heteroatoms. The van der Waals surface area contributed by atoms with E-state index < -0.39 is 0 Å². The number of hydrogen-bond acceptors (Lipinski definition) is 6. The number of hydrogen-bond donors (Lipinski definition) is 0. The molecule has 0 aliphatic carbocycles. The van der Waals surface area contributed by atoms with E-state index in [0.717, 1.165) is 36.5 Å². The van der Waals surface area contributed by atoms with Crippen molar-refractivity contribution in [2.24, 2.45) is 0 Å². The Kier molecular flexibility index (Phi) is 4.46. The van der Waals surface area contributed by atoms with E-state index in [1.165, 1.54) is 28.4 Å². The van der Waals surface area contributed by atoms with Gasteiger partial charge in [-0.3, -0.25) is 14.2 Å². The second kappa shape index (κ2) is 6.89. The Balaban J connectivity index is 1.61. The number of thiophene rings is 1. The Labute approximate surface area is 152 Å². The van der Waals surface area contributed by atoms with Crippen LogP contribution in [0.4, 0.5) is 0 Å². The van der Waals surface area contributed by atoms with Crippen LogP contribution in [0.15, 0.2) is 40.2 Å². The zero-order chi connectivity index (χ0) is 17.2. The van der Waals surface area contributed by atoms with Crippen LogP contribution in [0.3, 0.4) is 0 Å². The molecule has 1 amide bonds. The third-order valence-electron chi connectivity index (χ3n) is 4.17. The molecule has 0 bridgehead atoms. The Hall–Kier alpha value is -2.32. The van der Waals surface area contributed by atoms with E-state index in [1.54, 1.807) is 16.2 Å². The maximum atomic E-state index is 12.7. The van der Waals surface area contributed by atoms with E-state index in [2.05, 4.69) is 9.97 Å². The Morgan fingerprint density at radius 2 is 2.08 bits per heavy atom. The summed E-state index contributed by atoms with van der Waals surface area (Å²) >= 11 is 3.02. The molecule has 0 radical (unpaired) electrons. The SMILES string of the molecule is O=C(Cn1cncc(-c2nc(-c3cccs3)cs2)c1=O)N1CCCC1. The van der Waals surface area contributed by atoms with Gasteiger partial charge in [-0.1, -0.05) is 6.07 Å². The van der Waals surface area contributed by atoms with E-state index in [9.17, 15) is 9.59 Å².